The van der Waals surface area contributed by atoms with Crippen molar-refractivity contribution in [2.75, 3.05) is 32.7 Å². The topological polar surface area (TPSA) is 40.6 Å². The second kappa shape index (κ2) is 4.21. The van der Waals surface area contributed by atoms with Gasteiger partial charge in [0.05, 0.1) is 0 Å². The van der Waals surface area contributed by atoms with Crippen LogP contribution in [0.2, 0.25) is 0 Å². The van der Waals surface area contributed by atoms with Crippen molar-refractivity contribution in [3.05, 3.63) is 0 Å². The Morgan fingerprint density at radius 2 is 1.92 bits per heavy atom. The van der Waals surface area contributed by atoms with Crippen LogP contribution in [-0.4, -0.2) is 54.7 Å². The van der Waals surface area contributed by atoms with E-state index >= 15 is 0 Å². The van der Waals surface area contributed by atoms with Crippen LogP contribution in [0.3, 0.4) is 0 Å². The van der Waals surface area contributed by atoms with Crippen molar-refractivity contribution < 1.29 is 9.59 Å². The first-order valence-electron chi connectivity index (χ1n) is 4.24. The zero-order valence-electron chi connectivity index (χ0n) is 7.32. The second-order valence-electron chi connectivity index (χ2n) is 2.88. The van der Waals surface area contributed by atoms with Gasteiger partial charge in [0.25, 0.3) is 5.91 Å². The van der Waals surface area contributed by atoms with Gasteiger partial charge in [-0.2, -0.15) is 0 Å². The van der Waals surface area contributed by atoms with Gasteiger partial charge in [-0.25, -0.2) is 0 Å². The van der Waals surface area contributed by atoms with Crippen LogP contribution in [0.5, 0.6) is 0 Å². The van der Waals surface area contributed by atoms with Gasteiger partial charge in [-0.15, -0.1) is 0 Å². The van der Waals surface area contributed by atoms with Crippen molar-refractivity contribution >= 4 is 12.2 Å². The fourth-order valence-corrected chi connectivity index (χ4v) is 1.36. The molecule has 1 amide bonds. The second-order valence-corrected chi connectivity index (χ2v) is 2.88. The van der Waals surface area contributed by atoms with Crippen LogP contribution in [-0.2, 0) is 9.59 Å². The molecule has 0 aromatic carbocycles. The molecule has 0 aliphatic carbocycles. The van der Waals surface area contributed by atoms with E-state index in [1.54, 1.807) is 4.90 Å². The van der Waals surface area contributed by atoms with E-state index in [1.807, 2.05) is 0 Å². The van der Waals surface area contributed by atoms with Crippen molar-refractivity contribution in [2.45, 2.75) is 6.92 Å². The molecule has 4 nitrogen and oxygen atoms in total. The zero-order chi connectivity index (χ0) is 8.97. The summed E-state index contributed by atoms with van der Waals surface area (Å²) in [7, 11) is 0. The predicted molar refractivity (Wildman–Crippen MR) is 44.8 cm³/mol. The molecule has 1 heterocycles. The van der Waals surface area contributed by atoms with Crippen LogP contribution in [0.15, 0.2) is 0 Å². The largest absolute Gasteiger partial charge is 0.334 e. The minimum Gasteiger partial charge on any atom is -0.334 e. The smallest absolute Gasteiger partial charge is 0.286 e. The molecule has 1 aliphatic rings. The third-order valence-corrected chi connectivity index (χ3v) is 2.23. The Labute approximate surface area is 72.1 Å². The van der Waals surface area contributed by atoms with E-state index < -0.39 is 0 Å². The molecule has 0 atom stereocenters. The van der Waals surface area contributed by atoms with Crippen LogP contribution in [0, 0.1) is 0 Å². The number of carbonyl (C=O) groups excluding carboxylic acids is 2. The molecular weight excluding hydrogens is 156 g/mol. The van der Waals surface area contributed by atoms with E-state index in [4.69, 9.17) is 0 Å². The summed E-state index contributed by atoms with van der Waals surface area (Å²) in [5, 5.41) is 0. The number of carbonyl (C=O) groups is 2. The Bertz CT molecular complexity index is 174. The lowest BCUT2D eigenvalue weighted by Crippen LogP contribution is -2.48. The predicted octanol–water partition coefficient (Wildman–Crippen LogP) is -0.651. The average Bonchev–Trinajstić information content (AvgIpc) is 2.17. The van der Waals surface area contributed by atoms with Crippen molar-refractivity contribution in [2.24, 2.45) is 0 Å². The molecule has 0 N–H and O–H groups in total. The number of amides is 1. The molecule has 1 fully saturated rings. The van der Waals surface area contributed by atoms with Crippen molar-refractivity contribution in [1.82, 2.24) is 9.80 Å². The number of hydrogen-bond donors (Lipinski definition) is 0. The molecule has 0 aromatic rings. The Kier molecular flexibility index (Phi) is 3.22. The summed E-state index contributed by atoms with van der Waals surface area (Å²) >= 11 is 0. The molecule has 4 heteroatoms. The first-order valence-corrected chi connectivity index (χ1v) is 4.24. The highest BCUT2D eigenvalue weighted by Crippen LogP contribution is 1.99. The summed E-state index contributed by atoms with van der Waals surface area (Å²) in [6.45, 7) is 6.25. The van der Waals surface area contributed by atoms with Crippen molar-refractivity contribution in [1.29, 1.82) is 0 Å². The molecular formula is C8H14N2O2. The number of hydrogen-bond acceptors (Lipinski definition) is 3. The van der Waals surface area contributed by atoms with Crippen LogP contribution in [0.4, 0.5) is 0 Å². The summed E-state index contributed by atoms with van der Waals surface area (Å²) in [5.74, 6) is -0.384. The lowest BCUT2D eigenvalue weighted by atomic mass is 10.3. The van der Waals surface area contributed by atoms with Gasteiger partial charge in [-0.1, -0.05) is 6.92 Å². The zero-order valence-corrected chi connectivity index (χ0v) is 7.32. The first kappa shape index (κ1) is 9.19. The number of nitrogens with zero attached hydrogens (tertiary/aromatic N) is 2. The van der Waals surface area contributed by atoms with E-state index in [9.17, 15) is 9.59 Å². The molecule has 1 saturated heterocycles. The van der Waals surface area contributed by atoms with Gasteiger partial charge in [-0.3, -0.25) is 9.59 Å². The Hall–Kier alpha value is -0.900. The van der Waals surface area contributed by atoms with Crippen molar-refractivity contribution in [3.63, 3.8) is 0 Å². The van der Waals surface area contributed by atoms with Gasteiger partial charge in [-0.05, 0) is 6.54 Å². The van der Waals surface area contributed by atoms with Crippen LogP contribution in [0.1, 0.15) is 6.92 Å². The Morgan fingerprint density at radius 3 is 2.33 bits per heavy atom. The molecule has 1 aliphatic heterocycles. The summed E-state index contributed by atoms with van der Waals surface area (Å²) in [4.78, 5) is 24.9. The maximum absolute atomic E-state index is 10.9. The van der Waals surface area contributed by atoms with Gasteiger partial charge in [0, 0.05) is 26.2 Å². The van der Waals surface area contributed by atoms with Gasteiger partial charge < -0.3 is 9.80 Å². The lowest BCUT2D eigenvalue weighted by molar-refractivity contribution is -0.140. The van der Waals surface area contributed by atoms with Crippen LogP contribution >= 0.6 is 0 Å². The SMILES string of the molecule is CCN1CCN(C(=O)C=O)CC1. The number of rotatable bonds is 2. The molecule has 0 aromatic heterocycles. The maximum Gasteiger partial charge on any atom is 0.286 e. The summed E-state index contributed by atoms with van der Waals surface area (Å²) < 4.78 is 0. The molecule has 0 bridgehead atoms. The average molecular weight is 170 g/mol. The van der Waals surface area contributed by atoms with Gasteiger partial charge in [0.2, 0.25) is 6.29 Å². The molecule has 12 heavy (non-hydrogen) atoms. The van der Waals surface area contributed by atoms with E-state index in [1.165, 1.54) is 0 Å². The van der Waals surface area contributed by atoms with E-state index in [0.717, 1.165) is 19.6 Å². The Balaban J connectivity index is 2.35. The number of likely N-dealkylation sites (N-methyl/N-ethyl adjacent to an activating group) is 1. The monoisotopic (exact) mass is 170 g/mol. The van der Waals surface area contributed by atoms with Gasteiger partial charge in [0.15, 0.2) is 0 Å². The van der Waals surface area contributed by atoms with Crippen LogP contribution in [0.25, 0.3) is 0 Å². The third-order valence-electron chi connectivity index (χ3n) is 2.23. The third kappa shape index (κ3) is 2.04. The van der Waals surface area contributed by atoms with E-state index in [-0.39, 0.29) is 5.91 Å². The fraction of sp³-hybridized carbons (Fsp3) is 0.750. The van der Waals surface area contributed by atoms with Gasteiger partial charge >= 0.3 is 0 Å². The highest BCUT2D eigenvalue weighted by Gasteiger charge is 2.18. The highest BCUT2D eigenvalue weighted by atomic mass is 16.2. The molecule has 0 radical (unpaired) electrons. The molecule has 68 valence electrons. The fourth-order valence-electron chi connectivity index (χ4n) is 1.36. The molecule has 1 rings (SSSR count). The van der Waals surface area contributed by atoms with E-state index in [0.29, 0.717) is 19.4 Å². The van der Waals surface area contributed by atoms with Crippen molar-refractivity contribution in [3.8, 4) is 0 Å². The summed E-state index contributed by atoms with van der Waals surface area (Å²) in [6.07, 6.45) is 0.390. The summed E-state index contributed by atoms with van der Waals surface area (Å²) in [5.41, 5.74) is 0. The highest BCUT2D eigenvalue weighted by molar-refractivity contribution is 6.23. The Morgan fingerprint density at radius 1 is 1.33 bits per heavy atom. The lowest BCUT2D eigenvalue weighted by Gasteiger charge is -2.32. The van der Waals surface area contributed by atoms with E-state index in [2.05, 4.69) is 11.8 Å². The summed E-state index contributed by atoms with van der Waals surface area (Å²) in [6, 6.07) is 0. The maximum atomic E-state index is 10.9. The molecule has 0 saturated carbocycles. The first-order chi connectivity index (χ1) is 5.77. The van der Waals surface area contributed by atoms with Gasteiger partial charge in [0.1, 0.15) is 0 Å². The number of piperazine rings is 1. The minimum absolute atomic E-state index is 0.384. The molecule has 0 unspecified atom stereocenters. The minimum atomic E-state index is -0.384. The number of aldehydes is 1. The quantitative estimate of drug-likeness (QED) is 0.408. The van der Waals surface area contributed by atoms with Crippen LogP contribution < -0.4 is 0 Å². The standard InChI is InChI=1S/C8H14N2O2/c1-2-9-3-5-10(6-4-9)8(12)7-11/h7H,2-6H2,1H3. The normalized spacial score (nSPS) is 19.2. The molecule has 0 spiro atoms.